The molecule has 0 fully saturated rings. The second-order valence-corrected chi connectivity index (χ2v) is 33.9. The number of aryl methyl sites for hydroxylation is 6. The maximum absolute atomic E-state index is 15.8. The predicted octanol–water partition coefficient (Wildman–Crippen LogP) is 10.3. The van der Waals surface area contributed by atoms with E-state index in [0.29, 0.717) is 39.3 Å². The van der Waals surface area contributed by atoms with Crippen LogP contribution >= 0.6 is 36.2 Å². The zero-order valence-corrected chi connectivity index (χ0v) is 48.3. The first-order valence-electron chi connectivity index (χ1n) is 25.2. The first-order chi connectivity index (χ1) is 33.5. The number of hydrogen-bond donors (Lipinski definition) is 0. The summed E-state index contributed by atoms with van der Waals surface area (Å²) in [5, 5.41) is 7.93. The van der Waals surface area contributed by atoms with Gasteiger partial charge < -0.3 is 18.9 Å². The van der Waals surface area contributed by atoms with Crippen molar-refractivity contribution in [2.75, 3.05) is 62.4 Å². The summed E-state index contributed by atoms with van der Waals surface area (Å²) in [6.07, 6.45) is 0. The highest BCUT2D eigenvalue weighted by Gasteiger charge is 2.57. The normalized spacial score (nSPS) is 24.6. The van der Waals surface area contributed by atoms with Crippen LogP contribution in [0.4, 0.5) is 34.1 Å². The Morgan fingerprint density at radius 2 is 0.563 bits per heavy atom. The second-order valence-electron chi connectivity index (χ2n) is 20.3. The zero-order valence-electron chi connectivity index (χ0n) is 43.8. The average molecular weight is 1050 g/mol. The molecule has 0 amide bonds. The summed E-state index contributed by atoms with van der Waals surface area (Å²) in [6.45, 7) is 31.9. The summed E-state index contributed by atoms with van der Waals surface area (Å²) < 4.78 is 82.3. The lowest BCUT2D eigenvalue weighted by Crippen LogP contribution is -2.53. The van der Waals surface area contributed by atoms with Crippen molar-refractivity contribution in [2.45, 2.75) is 83.1 Å². The molecule has 5 aliphatic heterocycles. The molecule has 71 heavy (non-hydrogen) atoms. The smallest absolute Gasteiger partial charge is 0.211 e. The lowest BCUT2D eigenvalue weighted by atomic mass is 10.1. The van der Waals surface area contributed by atoms with Crippen LogP contribution in [0.1, 0.15) is 74.9 Å². The summed E-state index contributed by atoms with van der Waals surface area (Å²) in [4.78, 5) is 4.41. The van der Waals surface area contributed by atoms with Crippen LogP contribution in [0.25, 0.3) is 0 Å². The maximum Gasteiger partial charge on any atom is 0.211 e. The number of anilines is 6. The Balaban J connectivity index is 0.000000167. The SMILES string of the molecule is CCN(CC)P1(=O)c2cc(C)cc3c2N2c4c(cc(C)cc4P(=O)(N(CC)CC)c4cc(C)cc1c42)P3(C)=O.CCN(CC)P1(=O)c2cc(C)ccc2N2c3ccc(C)cc3P(C)(=O)c3cc(C)cc1c32. The van der Waals surface area contributed by atoms with Crippen molar-refractivity contribution in [1.82, 2.24) is 14.0 Å². The maximum atomic E-state index is 15.8. The molecule has 5 heterocycles. The van der Waals surface area contributed by atoms with E-state index in [0.717, 1.165) is 121 Å². The molecule has 0 aromatic heterocycles. The van der Waals surface area contributed by atoms with Gasteiger partial charge in [0.15, 0.2) is 0 Å². The summed E-state index contributed by atoms with van der Waals surface area (Å²) in [7, 11) is -15.8. The fraction of sp³-hybridized carbons (Fsp3) is 0.357. The van der Waals surface area contributed by atoms with Gasteiger partial charge >= 0.3 is 0 Å². The van der Waals surface area contributed by atoms with Gasteiger partial charge in [-0.25, -0.2) is 14.0 Å². The minimum Gasteiger partial charge on any atom is -0.314 e. The molecule has 4 unspecified atom stereocenters. The van der Waals surface area contributed by atoms with E-state index in [1.54, 1.807) is 0 Å². The lowest BCUT2D eigenvalue weighted by Gasteiger charge is -2.51. The molecule has 0 radical (unpaired) electrons. The Morgan fingerprint density at radius 1 is 0.324 bits per heavy atom. The summed E-state index contributed by atoms with van der Waals surface area (Å²) >= 11 is 0. The van der Waals surface area contributed by atoms with Crippen molar-refractivity contribution in [3.05, 3.63) is 118 Å². The molecule has 0 saturated carbocycles. The molecule has 372 valence electrons. The second kappa shape index (κ2) is 17.3. The first kappa shape index (κ1) is 50.5. The summed E-state index contributed by atoms with van der Waals surface area (Å²) in [5.74, 6) is 0. The minimum atomic E-state index is -3.35. The standard InChI is InChI=1S/C30H38N3O3P3.C26H30N2O2P2/c1-9-31(10-2)38(35)24-15-19(5)13-22-28(24)33-29-23(37(22,8)34)14-20(6)16-25(29)39(36,32(11-3)12-4)27-18-21(7)17-26(38)30(27)33;1-7-27(8-2)32(30)23-14-18(4)10-12-21(23)28-20-11-9-17(3)13-22(20)31(6,29)24-15-19(5)16-25(32)26(24)28/h13-18H,9-12H2,1-8H3;9-16H,7-8H2,1-6H3. The molecule has 5 aliphatic rings. The molecule has 4 atom stereocenters. The van der Waals surface area contributed by atoms with E-state index in [1.807, 2.05) is 106 Å². The Labute approximate surface area is 421 Å². The zero-order chi connectivity index (χ0) is 51.2. The van der Waals surface area contributed by atoms with Gasteiger partial charge in [0.25, 0.3) is 0 Å². The van der Waals surface area contributed by atoms with Gasteiger partial charge in [-0.3, -0.25) is 13.7 Å². The Hall–Kier alpha value is -4.05. The van der Waals surface area contributed by atoms with Gasteiger partial charge in [-0.05, 0) is 150 Å². The van der Waals surface area contributed by atoms with Crippen LogP contribution in [-0.2, 0) is 22.8 Å². The van der Waals surface area contributed by atoms with Crippen molar-refractivity contribution in [3.63, 3.8) is 0 Å². The van der Waals surface area contributed by atoms with Crippen LogP contribution < -0.4 is 62.8 Å². The van der Waals surface area contributed by atoms with Gasteiger partial charge in [0, 0.05) is 60.5 Å². The van der Waals surface area contributed by atoms with Crippen LogP contribution in [0.3, 0.4) is 0 Å². The van der Waals surface area contributed by atoms with Crippen molar-refractivity contribution in [2.24, 2.45) is 0 Å². The number of nitrogens with zero attached hydrogens (tertiary/aromatic N) is 5. The van der Waals surface area contributed by atoms with Crippen molar-refractivity contribution in [3.8, 4) is 0 Å². The molecule has 6 aromatic carbocycles. The molecular weight excluding hydrogens is 978 g/mol. The molecular formula is C56H68N5O5P5. The van der Waals surface area contributed by atoms with Crippen molar-refractivity contribution in [1.29, 1.82) is 0 Å². The number of hydrogen-bond acceptors (Lipinski definition) is 7. The van der Waals surface area contributed by atoms with E-state index in [1.165, 1.54) is 0 Å². The lowest BCUT2D eigenvalue weighted by molar-refractivity contribution is 0.457. The van der Waals surface area contributed by atoms with Crippen molar-refractivity contribution >= 4 is 123 Å². The third kappa shape index (κ3) is 6.75. The van der Waals surface area contributed by atoms with E-state index < -0.39 is 36.2 Å². The molecule has 0 saturated heterocycles. The molecule has 0 aliphatic carbocycles. The quantitative estimate of drug-likeness (QED) is 0.130. The highest BCUT2D eigenvalue weighted by Crippen LogP contribution is 2.67. The Bertz CT molecular complexity index is 3440. The number of benzene rings is 6. The molecule has 11 rings (SSSR count). The van der Waals surface area contributed by atoms with Crippen LogP contribution in [0.15, 0.2) is 84.9 Å². The fourth-order valence-electron chi connectivity index (χ4n) is 12.4. The molecule has 10 nitrogen and oxygen atoms in total. The van der Waals surface area contributed by atoms with E-state index in [2.05, 4.69) is 99.2 Å². The van der Waals surface area contributed by atoms with Gasteiger partial charge in [-0.1, -0.05) is 64.8 Å². The van der Waals surface area contributed by atoms with Gasteiger partial charge in [-0.15, -0.1) is 0 Å². The number of rotatable bonds is 9. The molecule has 15 heteroatoms. The van der Waals surface area contributed by atoms with E-state index >= 15 is 13.7 Å². The summed E-state index contributed by atoms with van der Waals surface area (Å²) in [6, 6.07) is 28.8. The van der Waals surface area contributed by atoms with E-state index in [9.17, 15) is 9.13 Å². The highest BCUT2D eigenvalue weighted by atomic mass is 31.2. The first-order valence-corrected chi connectivity index (χ1v) is 34.5. The van der Waals surface area contributed by atoms with Gasteiger partial charge in [0.2, 0.25) is 21.9 Å². The third-order valence-corrected chi connectivity index (χ3v) is 30.8. The Kier molecular flexibility index (Phi) is 12.3. The van der Waals surface area contributed by atoms with Gasteiger partial charge in [0.05, 0.1) is 66.0 Å². The highest BCUT2D eigenvalue weighted by molar-refractivity contribution is 7.82. The van der Waals surface area contributed by atoms with Crippen LogP contribution in [0.2, 0.25) is 0 Å². The monoisotopic (exact) mass is 1050 g/mol. The van der Waals surface area contributed by atoms with Crippen molar-refractivity contribution < 1.29 is 22.8 Å². The topological polar surface area (TPSA) is 102 Å². The van der Waals surface area contributed by atoms with Gasteiger partial charge in [-0.2, -0.15) is 0 Å². The van der Waals surface area contributed by atoms with Crippen LogP contribution in [0, 0.1) is 41.5 Å². The Morgan fingerprint density at radius 3 is 0.901 bits per heavy atom. The molecule has 6 aromatic rings. The molecule has 0 bridgehead atoms. The van der Waals surface area contributed by atoms with Gasteiger partial charge in [0.1, 0.15) is 14.3 Å². The average Bonchev–Trinajstić information content (AvgIpc) is 3.32. The molecule has 0 N–H and O–H groups in total. The minimum absolute atomic E-state index is 0.609. The third-order valence-electron chi connectivity index (χ3n) is 15.7. The summed E-state index contributed by atoms with van der Waals surface area (Å²) in [5.41, 5.74) is 11.1. The van der Waals surface area contributed by atoms with E-state index in [4.69, 9.17) is 0 Å². The largest absolute Gasteiger partial charge is 0.314 e. The van der Waals surface area contributed by atoms with E-state index in [-0.39, 0.29) is 0 Å². The fourth-order valence-corrected chi connectivity index (χ4v) is 27.8. The molecule has 0 spiro atoms. The number of fused-ring (bicyclic) bond motifs is 4. The van der Waals surface area contributed by atoms with Crippen LogP contribution in [0.5, 0.6) is 0 Å². The van der Waals surface area contributed by atoms with Crippen LogP contribution in [-0.4, -0.2) is 66.6 Å². The predicted molar refractivity (Wildman–Crippen MR) is 306 cm³/mol.